The monoisotopic (exact) mass is 357 g/mol. The van der Waals surface area contributed by atoms with Gasteiger partial charge in [-0.3, -0.25) is 4.79 Å². The van der Waals surface area contributed by atoms with Crippen LogP contribution in [0.1, 0.15) is 34.2 Å². The maximum atomic E-state index is 13.0. The molecule has 0 aliphatic heterocycles. The molecular formula is C24H23NO2. The molecule has 0 saturated carbocycles. The molecule has 0 N–H and O–H groups in total. The maximum absolute atomic E-state index is 13.0. The lowest BCUT2D eigenvalue weighted by molar-refractivity contribution is 0.0755. The van der Waals surface area contributed by atoms with Crippen LogP contribution >= 0.6 is 0 Å². The third-order valence-corrected chi connectivity index (χ3v) is 5.22. The Balaban J connectivity index is 1.67. The zero-order valence-electron chi connectivity index (χ0n) is 16.0. The van der Waals surface area contributed by atoms with Crippen LogP contribution < -0.4 is 0 Å². The number of hydrogen-bond acceptors (Lipinski definition) is 2. The van der Waals surface area contributed by atoms with Gasteiger partial charge in [0.2, 0.25) is 0 Å². The summed E-state index contributed by atoms with van der Waals surface area (Å²) in [6.45, 7) is 4.65. The van der Waals surface area contributed by atoms with Crippen molar-refractivity contribution in [3.8, 4) is 0 Å². The van der Waals surface area contributed by atoms with Gasteiger partial charge in [0.05, 0.1) is 0 Å². The van der Waals surface area contributed by atoms with E-state index in [2.05, 4.69) is 43.3 Å². The SMILES string of the molecule is CCc1ccc(CN(C)C(=O)c2oc3c(ccc4ccccc43)c2C)cc1. The topological polar surface area (TPSA) is 33.5 Å². The molecule has 0 radical (unpaired) electrons. The van der Waals surface area contributed by atoms with Crippen molar-refractivity contribution in [2.24, 2.45) is 0 Å². The van der Waals surface area contributed by atoms with E-state index in [1.165, 1.54) is 5.56 Å². The Bertz CT molecular complexity index is 1120. The summed E-state index contributed by atoms with van der Waals surface area (Å²) < 4.78 is 6.08. The Hall–Kier alpha value is -3.07. The van der Waals surface area contributed by atoms with E-state index in [-0.39, 0.29) is 5.91 Å². The minimum Gasteiger partial charge on any atom is -0.450 e. The first-order valence-corrected chi connectivity index (χ1v) is 9.32. The highest BCUT2D eigenvalue weighted by Gasteiger charge is 2.22. The lowest BCUT2D eigenvalue weighted by atomic mass is 10.1. The fraction of sp³-hybridized carbons (Fsp3) is 0.208. The standard InChI is InChI=1S/C24H23NO2/c1-4-17-9-11-18(12-10-17)15-25(3)24(26)22-16(2)20-14-13-19-7-5-6-8-21(19)23(20)27-22/h5-14H,4,15H2,1-3H3. The average Bonchev–Trinajstić information content (AvgIpc) is 3.05. The number of rotatable bonds is 4. The number of fused-ring (bicyclic) bond motifs is 3. The number of nitrogens with zero attached hydrogens (tertiary/aromatic N) is 1. The second kappa shape index (κ2) is 6.92. The molecule has 1 amide bonds. The zero-order valence-corrected chi connectivity index (χ0v) is 16.0. The molecule has 3 nitrogen and oxygen atoms in total. The van der Waals surface area contributed by atoms with Crippen LogP contribution in [0.15, 0.2) is 65.1 Å². The largest absolute Gasteiger partial charge is 0.450 e. The van der Waals surface area contributed by atoms with E-state index in [1.54, 1.807) is 4.90 Å². The normalized spacial score (nSPS) is 11.2. The van der Waals surface area contributed by atoms with E-state index in [1.807, 2.05) is 38.2 Å². The smallest absolute Gasteiger partial charge is 0.289 e. The van der Waals surface area contributed by atoms with Gasteiger partial charge in [-0.25, -0.2) is 0 Å². The third kappa shape index (κ3) is 3.10. The van der Waals surface area contributed by atoms with Crippen molar-refractivity contribution in [2.75, 3.05) is 7.05 Å². The van der Waals surface area contributed by atoms with Gasteiger partial charge in [0.25, 0.3) is 5.91 Å². The highest BCUT2D eigenvalue weighted by molar-refractivity contribution is 6.08. The van der Waals surface area contributed by atoms with Crippen molar-refractivity contribution in [1.82, 2.24) is 4.90 Å². The second-order valence-electron chi connectivity index (χ2n) is 7.05. The molecule has 136 valence electrons. The summed E-state index contributed by atoms with van der Waals surface area (Å²) in [5.74, 6) is 0.335. The van der Waals surface area contributed by atoms with Crippen LogP contribution in [0.3, 0.4) is 0 Å². The Labute approximate surface area is 159 Å². The molecule has 0 aliphatic rings. The number of amides is 1. The van der Waals surface area contributed by atoms with Crippen molar-refractivity contribution in [1.29, 1.82) is 0 Å². The Morgan fingerprint density at radius 3 is 2.37 bits per heavy atom. The van der Waals surface area contributed by atoms with Gasteiger partial charge in [-0.15, -0.1) is 0 Å². The van der Waals surface area contributed by atoms with Gasteiger partial charge in [0.15, 0.2) is 5.76 Å². The van der Waals surface area contributed by atoms with Gasteiger partial charge in [-0.1, -0.05) is 67.6 Å². The van der Waals surface area contributed by atoms with Crippen LogP contribution in [0.5, 0.6) is 0 Å². The molecule has 4 rings (SSSR count). The predicted molar refractivity (Wildman–Crippen MR) is 110 cm³/mol. The summed E-state index contributed by atoms with van der Waals surface area (Å²) in [4.78, 5) is 14.7. The van der Waals surface area contributed by atoms with Gasteiger partial charge in [-0.05, 0) is 29.9 Å². The molecule has 1 aromatic heterocycles. The Morgan fingerprint density at radius 2 is 1.63 bits per heavy atom. The summed E-state index contributed by atoms with van der Waals surface area (Å²) in [6.07, 6.45) is 1.02. The lowest BCUT2D eigenvalue weighted by Gasteiger charge is -2.16. The predicted octanol–water partition coefficient (Wildman–Crippen LogP) is 5.73. The van der Waals surface area contributed by atoms with Gasteiger partial charge in [0, 0.05) is 29.9 Å². The van der Waals surface area contributed by atoms with Crippen LogP contribution in [0, 0.1) is 6.92 Å². The fourth-order valence-electron chi connectivity index (χ4n) is 3.55. The lowest BCUT2D eigenvalue weighted by Crippen LogP contribution is -2.26. The van der Waals surface area contributed by atoms with Crippen molar-refractivity contribution in [2.45, 2.75) is 26.8 Å². The number of hydrogen-bond donors (Lipinski definition) is 0. The van der Waals surface area contributed by atoms with Crippen molar-refractivity contribution in [3.63, 3.8) is 0 Å². The molecule has 0 fully saturated rings. The molecule has 0 aliphatic carbocycles. The van der Waals surface area contributed by atoms with Gasteiger partial charge >= 0.3 is 0 Å². The Morgan fingerprint density at radius 1 is 0.926 bits per heavy atom. The first-order valence-electron chi connectivity index (χ1n) is 9.32. The number of carbonyl (C=O) groups excluding carboxylic acids is 1. The number of aryl methyl sites for hydroxylation is 2. The highest BCUT2D eigenvalue weighted by atomic mass is 16.3. The van der Waals surface area contributed by atoms with Crippen LogP contribution in [0.25, 0.3) is 21.7 Å². The zero-order chi connectivity index (χ0) is 19.0. The molecule has 0 saturated heterocycles. The average molecular weight is 357 g/mol. The molecule has 0 spiro atoms. The van der Waals surface area contributed by atoms with Crippen molar-refractivity contribution < 1.29 is 9.21 Å². The van der Waals surface area contributed by atoms with Crippen molar-refractivity contribution >= 4 is 27.6 Å². The molecule has 1 heterocycles. The molecule has 0 unspecified atom stereocenters. The molecule has 4 aromatic rings. The maximum Gasteiger partial charge on any atom is 0.289 e. The van der Waals surface area contributed by atoms with Crippen molar-refractivity contribution in [3.05, 3.63) is 83.1 Å². The first-order chi connectivity index (χ1) is 13.1. The molecule has 27 heavy (non-hydrogen) atoms. The fourth-order valence-corrected chi connectivity index (χ4v) is 3.55. The third-order valence-electron chi connectivity index (χ3n) is 5.22. The van der Waals surface area contributed by atoms with E-state index < -0.39 is 0 Å². The van der Waals surface area contributed by atoms with E-state index in [0.717, 1.165) is 39.3 Å². The molecule has 3 aromatic carbocycles. The molecule has 0 bridgehead atoms. The van der Waals surface area contributed by atoms with E-state index in [9.17, 15) is 4.79 Å². The van der Waals surface area contributed by atoms with E-state index in [0.29, 0.717) is 12.3 Å². The summed E-state index contributed by atoms with van der Waals surface area (Å²) in [7, 11) is 1.82. The van der Waals surface area contributed by atoms with Crippen LogP contribution in [-0.2, 0) is 13.0 Å². The minimum atomic E-state index is -0.0904. The number of carbonyl (C=O) groups is 1. The number of benzene rings is 3. The first kappa shape index (κ1) is 17.3. The van der Waals surface area contributed by atoms with E-state index >= 15 is 0 Å². The van der Waals surface area contributed by atoms with Crippen LogP contribution in [0.2, 0.25) is 0 Å². The second-order valence-corrected chi connectivity index (χ2v) is 7.05. The summed E-state index contributed by atoms with van der Waals surface area (Å²) in [5.41, 5.74) is 4.10. The highest BCUT2D eigenvalue weighted by Crippen LogP contribution is 2.32. The van der Waals surface area contributed by atoms with Gasteiger partial charge in [0.1, 0.15) is 5.58 Å². The minimum absolute atomic E-state index is 0.0904. The quantitative estimate of drug-likeness (QED) is 0.467. The van der Waals surface area contributed by atoms with Crippen LogP contribution in [-0.4, -0.2) is 17.9 Å². The number of furan rings is 1. The summed E-state index contributed by atoms with van der Waals surface area (Å²) in [5, 5.41) is 3.15. The Kier molecular flexibility index (Phi) is 4.44. The molecule has 0 atom stereocenters. The molecular weight excluding hydrogens is 334 g/mol. The summed E-state index contributed by atoms with van der Waals surface area (Å²) >= 11 is 0. The van der Waals surface area contributed by atoms with E-state index in [4.69, 9.17) is 4.42 Å². The van der Waals surface area contributed by atoms with Crippen LogP contribution in [0.4, 0.5) is 0 Å². The molecule has 3 heteroatoms. The van der Waals surface area contributed by atoms with Gasteiger partial charge in [-0.2, -0.15) is 0 Å². The van der Waals surface area contributed by atoms with Gasteiger partial charge < -0.3 is 9.32 Å². The summed E-state index contributed by atoms with van der Waals surface area (Å²) in [6, 6.07) is 20.6.